The van der Waals surface area contributed by atoms with Crippen molar-refractivity contribution in [1.29, 1.82) is 0 Å². The number of aromatic nitrogens is 1. The van der Waals surface area contributed by atoms with Crippen molar-refractivity contribution in [3.8, 4) is 16.9 Å². The van der Waals surface area contributed by atoms with Gasteiger partial charge in [-0.05, 0) is 47.7 Å². The Hall–Kier alpha value is -2.07. The van der Waals surface area contributed by atoms with Crippen LogP contribution in [0.2, 0.25) is 0 Å². The van der Waals surface area contributed by atoms with Gasteiger partial charge in [-0.25, -0.2) is 4.79 Å². The first-order chi connectivity index (χ1) is 15.2. The van der Waals surface area contributed by atoms with Crippen LogP contribution in [0.1, 0.15) is 29.2 Å². The quantitative estimate of drug-likeness (QED) is 0.347. The predicted octanol–water partition coefficient (Wildman–Crippen LogP) is -4.25. The number of carboxylic acids is 1. The van der Waals surface area contributed by atoms with E-state index in [2.05, 4.69) is 10.6 Å². The van der Waals surface area contributed by atoms with Crippen molar-refractivity contribution < 1.29 is 78.9 Å². The topological polar surface area (TPSA) is 126 Å². The Balaban J connectivity index is 0.00000289. The van der Waals surface area contributed by atoms with E-state index in [0.29, 0.717) is 11.1 Å². The van der Waals surface area contributed by atoms with Crippen molar-refractivity contribution >= 4 is 17.7 Å². The first-order valence-corrected chi connectivity index (χ1v) is 9.98. The summed E-state index contributed by atoms with van der Waals surface area (Å²) in [6, 6.07) is 13.1. The van der Waals surface area contributed by atoms with Crippen molar-refractivity contribution in [3.05, 3.63) is 81.8 Å². The van der Waals surface area contributed by atoms with Crippen molar-refractivity contribution in [2.75, 3.05) is 5.32 Å². The van der Waals surface area contributed by atoms with E-state index >= 15 is 0 Å². The van der Waals surface area contributed by atoms with Gasteiger partial charge in [-0.3, -0.25) is 4.79 Å². The fourth-order valence-electron chi connectivity index (χ4n) is 3.54. The third-order valence-corrected chi connectivity index (χ3v) is 5.17. The maximum absolute atomic E-state index is 12.6. The van der Waals surface area contributed by atoms with E-state index in [0.717, 1.165) is 16.7 Å². The summed E-state index contributed by atoms with van der Waals surface area (Å²) in [6.07, 6.45) is 0.893. The molecule has 0 radical (unpaired) electrons. The number of carbonyl (C=O) groups excluding carboxylic acids is 2. The van der Waals surface area contributed by atoms with E-state index < -0.39 is 41.5 Å². The molecule has 2 aromatic carbocycles. The summed E-state index contributed by atoms with van der Waals surface area (Å²) in [5, 5.41) is 28.4. The van der Waals surface area contributed by atoms with Gasteiger partial charge in [0, 0.05) is 25.6 Å². The molecule has 0 aliphatic carbocycles. The molecule has 0 spiro atoms. The molecule has 0 unspecified atom stereocenters. The normalized spacial score (nSPS) is 10.9. The third kappa shape index (κ3) is 7.21. The van der Waals surface area contributed by atoms with Crippen LogP contribution in [0.5, 0.6) is 5.75 Å². The summed E-state index contributed by atoms with van der Waals surface area (Å²) < 4.78 is 1.19. The van der Waals surface area contributed by atoms with Crippen LogP contribution in [-0.2, 0) is 11.8 Å². The van der Waals surface area contributed by atoms with Crippen molar-refractivity contribution in [2.24, 2.45) is 7.05 Å². The summed E-state index contributed by atoms with van der Waals surface area (Å²) in [4.78, 5) is 36.2. The molecule has 0 aliphatic heterocycles. The van der Waals surface area contributed by atoms with Crippen LogP contribution in [0, 0.1) is 13.8 Å². The third-order valence-electron chi connectivity index (χ3n) is 5.17. The predicted molar refractivity (Wildman–Crippen MR) is 117 cm³/mol. The molecule has 0 aliphatic rings. The number of carboxylic acid groups (broad SMARTS) is 1. The summed E-state index contributed by atoms with van der Waals surface area (Å²) in [7, 11) is 1.47. The van der Waals surface area contributed by atoms with E-state index in [1.165, 1.54) is 24.7 Å². The first-order valence-electron chi connectivity index (χ1n) is 9.98. The standard InChI is InChI=1S/C24H25N3O5.2Na/c1-14-7-4-5-10-18(14)16-8-6-9-17(11-16)19(12-20(28)29)25-24(32)26-21-22(30)15(2)13-27(3)23(21)31;;/h4-11,13,19,30H,12H2,1-3H3,(H,28,29)(H2,25,26,32);;/q;2*+1/p-2/t19-;;/m0../s1. The molecule has 2 N–H and O–H groups in total. The smallest absolute Gasteiger partial charge is 0.871 e. The van der Waals surface area contributed by atoms with Gasteiger partial charge in [-0.1, -0.05) is 48.2 Å². The van der Waals surface area contributed by atoms with Crippen molar-refractivity contribution in [2.45, 2.75) is 26.3 Å². The number of benzene rings is 2. The van der Waals surface area contributed by atoms with E-state index in [9.17, 15) is 24.6 Å². The molecule has 1 atom stereocenters. The molecule has 1 aromatic heterocycles. The van der Waals surface area contributed by atoms with Crippen LogP contribution < -0.4 is 85.5 Å². The number of aliphatic carboxylic acids is 1. The number of pyridine rings is 1. The average molecular weight is 479 g/mol. The Labute approximate surface area is 242 Å². The van der Waals surface area contributed by atoms with Gasteiger partial charge in [0.2, 0.25) is 0 Å². The van der Waals surface area contributed by atoms with E-state index in [1.807, 2.05) is 37.3 Å². The minimum atomic E-state index is -1.35. The maximum atomic E-state index is 12.6. The number of nitrogens with zero attached hydrogens (tertiary/aromatic N) is 1. The molecule has 3 rings (SSSR count). The van der Waals surface area contributed by atoms with E-state index in [1.54, 1.807) is 18.2 Å². The van der Waals surface area contributed by atoms with E-state index in [4.69, 9.17) is 0 Å². The summed E-state index contributed by atoms with van der Waals surface area (Å²) in [6.45, 7) is 3.50. The molecule has 34 heavy (non-hydrogen) atoms. The van der Waals surface area contributed by atoms with Crippen LogP contribution in [0.4, 0.5) is 10.5 Å². The monoisotopic (exact) mass is 479 g/mol. The molecular formula is C24H23N3Na2O5. The van der Waals surface area contributed by atoms with Gasteiger partial charge in [-0.2, -0.15) is 0 Å². The number of urea groups is 1. The Morgan fingerprint density at radius 1 is 1.03 bits per heavy atom. The van der Waals surface area contributed by atoms with E-state index in [-0.39, 0.29) is 59.1 Å². The van der Waals surface area contributed by atoms with Gasteiger partial charge in [0.25, 0.3) is 5.56 Å². The maximum Gasteiger partial charge on any atom is 1.00 e. The Morgan fingerprint density at radius 3 is 2.35 bits per heavy atom. The molecule has 8 nitrogen and oxygen atoms in total. The van der Waals surface area contributed by atoms with Gasteiger partial charge in [-0.15, -0.1) is 0 Å². The number of aryl methyl sites for hydroxylation is 3. The molecule has 2 amide bonds. The molecule has 1 heterocycles. The van der Waals surface area contributed by atoms with Crippen LogP contribution >= 0.6 is 0 Å². The van der Waals surface area contributed by atoms with Gasteiger partial charge >= 0.3 is 65.1 Å². The molecule has 0 bridgehead atoms. The van der Waals surface area contributed by atoms with Gasteiger partial charge in [0.1, 0.15) is 5.69 Å². The minimum Gasteiger partial charge on any atom is -0.871 e. The fourth-order valence-corrected chi connectivity index (χ4v) is 3.54. The van der Waals surface area contributed by atoms with Crippen LogP contribution in [-0.4, -0.2) is 16.6 Å². The molecule has 3 aromatic rings. The zero-order valence-electron chi connectivity index (χ0n) is 20.0. The molecule has 10 heteroatoms. The second-order valence-electron chi connectivity index (χ2n) is 7.60. The number of anilines is 1. The first kappa shape index (κ1) is 30.0. The zero-order valence-corrected chi connectivity index (χ0v) is 24.0. The number of rotatable bonds is 6. The van der Waals surface area contributed by atoms with Crippen LogP contribution in [0.25, 0.3) is 11.1 Å². The fraction of sp³-hybridized carbons (Fsp3) is 0.208. The largest absolute Gasteiger partial charge is 1.00 e. The SMILES string of the molecule is Cc1ccccc1-c1cccc([C@H](CC(=O)[O-])NC(=O)Nc2c([O-])c(C)cn(C)c2=O)c1.[Na+].[Na+]. The molecule has 166 valence electrons. The van der Waals surface area contributed by atoms with Gasteiger partial charge < -0.3 is 30.2 Å². The number of amides is 2. The van der Waals surface area contributed by atoms with Crippen LogP contribution in [0.15, 0.2) is 59.5 Å². The second-order valence-corrected chi connectivity index (χ2v) is 7.60. The summed E-state index contributed by atoms with van der Waals surface area (Å²) in [5.41, 5.74) is 2.67. The minimum absolute atomic E-state index is 0. The van der Waals surface area contributed by atoms with Crippen LogP contribution in [0.3, 0.4) is 0 Å². The Kier molecular flexibility index (Phi) is 11.6. The second kappa shape index (κ2) is 13.1. The van der Waals surface area contributed by atoms with Crippen molar-refractivity contribution in [3.63, 3.8) is 0 Å². The average Bonchev–Trinajstić information content (AvgIpc) is 2.75. The number of hydrogen-bond donors (Lipinski definition) is 2. The Bertz CT molecular complexity index is 1240. The Morgan fingerprint density at radius 2 is 1.71 bits per heavy atom. The molecule has 0 saturated carbocycles. The summed E-state index contributed by atoms with van der Waals surface area (Å²) in [5.74, 6) is -1.95. The number of hydrogen-bond acceptors (Lipinski definition) is 5. The van der Waals surface area contributed by atoms with Crippen molar-refractivity contribution in [1.82, 2.24) is 9.88 Å². The summed E-state index contributed by atoms with van der Waals surface area (Å²) >= 11 is 0. The zero-order chi connectivity index (χ0) is 23.4. The molecular weight excluding hydrogens is 456 g/mol. The molecule has 0 fully saturated rings. The van der Waals surface area contributed by atoms with Gasteiger partial charge in [0.05, 0.1) is 6.04 Å². The number of nitrogens with one attached hydrogen (secondary N) is 2. The molecule has 0 saturated heterocycles. The number of carbonyl (C=O) groups is 2. The van der Waals surface area contributed by atoms with Gasteiger partial charge in [0.15, 0.2) is 0 Å².